The third-order valence-electron chi connectivity index (χ3n) is 2.62. The first-order valence-corrected chi connectivity index (χ1v) is 6.59. The first-order valence-electron chi connectivity index (χ1n) is 5.65. The summed E-state index contributed by atoms with van der Waals surface area (Å²) in [5, 5.41) is 13.7. The lowest BCUT2D eigenvalue weighted by atomic mass is 10.2. The molecule has 0 saturated heterocycles. The van der Waals surface area contributed by atoms with Gasteiger partial charge in [-0.1, -0.05) is 5.16 Å². The van der Waals surface area contributed by atoms with Crippen LogP contribution in [-0.2, 0) is 6.54 Å². The number of thiazole rings is 1. The normalized spacial score (nSPS) is 11.6. The van der Waals surface area contributed by atoms with E-state index in [-0.39, 0.29) is 5.84 Å². The van der Waals surface area contributed by atoms with Crippen molar-refractivity contribution in [1.29, 1.82) is 0 Å². The highest BCUT2D eigenvalue weighted by atomic mass is 32.1. The van der Waals surface area contributed by atoms with Gasteiger partial charge in [0, 0.05) is 23.7 Å². The molecule has 19 heavy (non-hydrogen) atoms. The maximum Gasteiger partial charge on any atom is 0.170 e. The number of hydrogen-bond acceptors (Lipinski definition) is 6. The van der Waals surface area contributed by atoms with Gasteiger partial charge in [0.05, 0.1) is 17.7 Å². The van der Waals surface area contributed by atoms with Crippen LogP contribution in [0.3, 0.4) is 0 Å². The van der Waals surface area contributed by atoms with Crippen molar-refractivity contribution in [2.24, 2.45) is 10.9 Å². The zero-order chi connectivity index (χ0) is 13.8. The summed E-state index contributed by atoms with van der Waals surface area (Å²) in [5.41, 5.74) is 9.86. The minimum Gasteiger partial charge on any atom is -0.409 e. The molecule has 0 spiro atoms. The fraction of sp³-hybridized carbons (Fsp3) is 0.250. The van der Waals surface area contributed by atoms with Crippen LogP contribution in [0.5, 0.6) is 0 Å². The third-order valence-corrected chi connectivity index (χ3v) is 3.25. The Kier molecular flexibility index (Phi) is 3.96. The molecule has 0 amide bonds. The average Bonchev–Trinajstić information content (AvgIpc) is 2.89. The van der Waals surface area contributed by atoms with Crippen LogP contribution in [0, 0.1) is 6.92 Å². The zero-order valence-electron chi connectivity index (χ0n) is 10.7. The lowest BCUT2D eigenvalue weighted by Gasteiger charge is -2.18. The van der Waals surface area contributed by atoms with Gasteiger partial charge < -0.3 is 15.8 Å². The van der Waals surface area contributed by atoms with Gasteiger partial charge in [-0.15, -0.1) is 11.3 Å². The predicted molar refractivity (Wildman–Crippen MR) is 75.7 cm³/mol. The number of aromatic nitrogens is 2. The molecule has 2 rings (SSSR count). The monoisotopic (exact) mass is 277 g/mol. The average molecular weight is 277 g/mol. The Morgan fingerprint density at radius 1 is 1.53 bits per heavy atom. The molecule has 7 heteroatoms. The fourth-order valence-electron chi connectivity index (χ4n) is 1.69. The van der Waals surface area contributed by atoms with Crippen LogP contribution in [0.1, 0.15) is 17.0 Å². The van der Waals surface area contributed by atoms with Crippen molar-refractivity contribution < 1.29 is 5.21 Å². The molecule has 0 atom stereocenters. The standard InChI is InChI=1S/C12H15N5OS/c1-8-3-9(12(13)16-18)4-11(15-8)17(2)5-10-6-19-7-14-10/h3-4,6-7,18H,5H2,1-2H3,(H2,13,16). The Hall–Kier alpha value is -2.15. The molecule has 0 aliphatic carbocycles. The van der Waals surface area contributed by atoms with Crippen LogP contribution in [0.4, 0.5) is 5.82 Å². The Labute approximate surface area is 115 Å². The molecule has 0 aliphatic rings. The van der Waals surface area contributed by atoms with Gasteiger partial charge in [-0.05, 0) is 19.1 Å². The van der Waals surface area contributed by atoms with Crippen molar-refractivity contribution in [1.82, 2.24) is 9.97 Å². The Morgan fingerprint density at radius 3 is 2.95 bits per heavy atom. The van der Waals surface area contributed by atoms with Crippen molar-refractivity contribution in [3.05, 3.63) is 40.0 Å². The highest BCUT2D eigenvalue weighted by Gasteiger charge is 2.09. The van der Waals surface area contributed by atoms with Gasteiger partial charge in [0.25, 0.3) is 0 Å². The zero-order valence-corrected chi connectivity index (χ0v) is 11.6. The van der Waals surface area contributed by atoms with E-state index in [1.165, 1.54) is 0 Å². The highest BCUT2D eigenvalue weighted by molar-refractivity contribution is 7.07. The third kappa shape index (κ3) is 3.19. The summed E-state index contributed by atoms with van der Waals surface area (Å²) >= 11 is 1.56. The lowest BCUT2D eigenvalue weighted by Crippen LogP contribution is -2.20. The molecule has 0 saturated carbocycles. The quantitative estimate of drug-likeness (QED) is 0.383. The van der Waals surface area contributed by atoms with E-state index in [2.05, 4.69) is 15.1 Å². The first-order chi connectivity index (χ1) is 9.10. The molecule has 0 radical (unpaired) electrons. The topological polar surface area (TPSA) is 87.6 Å². The fourth-order valence-corrected chi connectivity index (χ4v) is 2.24. The van der Waals surface area contributed by atoms with Crippen molar-refractivity contribution >= 4 is 23.0 Å². The largest absolute Gasteiger partial charge is 0.409 e. The summed E-state index contributed by atoms with van der Waals surface area (Å²) < 4.78 is 0. The van der Waals surface area contributed by atoms with Crippen LogP contribution >= 0.6 is 11.3 Å². The first kappa shape index (κ1) is 13.3. The van der Waals surface area contributed by atoms with Crippen LogP contribution in [0.15, 0.2) is 28.2 Å². The summed E-state index contributed by atoms with van der Waals surface area (Å²) in [6, 6.07) is 3.56. The molecular formula is C12H15N5OS. The van der Waals surface area contributed by atoms with E-state index in [1.54, 1.807) is 29.0 Å². The van der Waals surface area contributed by atoms with Crippen LogP contribution < -0.4 is 10.6 Å². The number of oxime groups is 1. The molecule has 0 fully saturated rings. The van der Waals surface area contributed by atoms with Gasteiger partial charge in [-0.2, -0.15) is 0 Å². The Morgan fingerprint density at radius 2 is 2.32 bits per heavy atom. The second-order valence-electron chi connectivity index (χ2n) is 4.18. The molecule has 2 heterocycles. The van der Waals surface area contributed by atoms with E-state index in [1.807, 2.05) is 24.3 Å². The maximum absolute atomic E-state index is 8.74. The van der Waals surface area contributed by atoms with Crippen LogP contribution in [-0.4, -0.2) is 28.1 Å². The summed E-state index contributed by atoms with van der Waals surface area (Å²) in [6.45, 7) is 2.53. The summed E-state index contributed by atoms with van der Waals surface area (Å²) in [4.78, 5) is 10.6. The Balaban J connectivity index is 2.26. The molecule has 6 nitrogen and oxygen atoms in total. The molecule has 100 valence electrons. The SMILES string of the molecule is Cc1cc(/C(N)=N/O)cc(N(C)Cc2cscn2)n1. The van der Waals surface area contributed by atoms with Crippen molar-refractivity contribution in [2.45, 2.75) is 13.5 Å². The molecule has 2 aromatic rings. The second kappa shape index (κ2) is 5.66. The number of hydrogen-bond donors (Lipinski definition) is 2. The maximum atomic E-state index is 8.74. The second-order valence-corrected chi connectivity index (χ2v) is 4.90. The van der Waals surface area contributed by atoms with Crippen molar-refractivity contribution in [2.75, 3.05) is 11.9 Å². The van der Waals surface area contributed by atoms with Gasteiger partial charge in [-0.3, -0.25) is 0 Å². The van der Waals surface area contributed by atoms with E-state index in [4.69, 9.17) is 10.9 Å². The van der Waals surface area contributed by atoms with Gasteiger partial charge in [0.2, 0.25) is 0 Å². The number of nitrogens with zero attached hydrogens (tertiary/aromatic N) is 4. The van der Waals surface area contributed by atoms with Crippen molar-refractivity contribution in [3.8, 4) is 0 Å². The van der Waals surface area contributed by atoms with Gasteiger partial charge in [0.15, 0.2) is 5.84 Å². The van der Waals surface area contributed by atoms with E-state index in [0.717, 1.165) is 17.2 Å². The molecule has 0 aromatic carbocycles. The number of nitrogens with two attached hydrogens (primary N) is 1. The van der Waals surface area contributed by atoms with E-state index < -0.39 is 0 Å². The molecule has 0 aliphatic heterocycles. The number of anilines is 1. The summed E-state index contributed by atoms with van der Waals surface area (Å²) in [5.74, 6) is 0.836. The van der Waals surface area contributed by atoms with Gasteiger partial charge >= 0.3 is 0 Å². The van der Waals surface area contributed by atoms with Gasteiger partial charge in [-0.25, -0.2) is 9.97 Å². The Bertz CT molecular complexity index is 582. The molecule has 0 unspecified atom stereocenters. The lowest BCUT2D eigenvalue weighted by molar-refractivity contribution is 0.318. The van der Waals surface area contributed by atoms with E-state index in [0.29, 0.717) is 12.1 Å². The molecule has 3 N–H and O–H groups in total. The number of aryl methyl sites for hydroxylation is 1. The van der Waals surface area contributed by atoms with Crippen LogP contribution in [0.2, 0.25) is 0 Å². The smallest absolute Gasteiger partial charge is 0.170 e. The summed E-state index contributed by atoms with van der Waals surface area (Å²) in [7, 11) is 1.93. The molecule has 0 bridgehead atoms. The number of amidine groups is 1. The minimum absolute atomic E-state index is 0.0776. The van der Waals surface area contributed by atoms with Gasteiger partial charge in [0.1, 0.15) is 5.82 Å². The van der Waals surface area contributed by atoms with E-state index in [9.17, 15) is 0 Å². The van der Waals surface area contributed by atoms with E-state index >= 15 is 0 Å². The minimum atomic E-state index is 0.0776. The molecule has 2 aromatic heterocycles. The number of rotatable bonds is 4. The van der Waals surface area contributed by atoms with Crippen molar-refractivity contribution in [3.63, 3.8) is 0 Å². The number of pyridine rings is 1. The van der Waals surface area contributed by atoms with Crippen LogP contribution in [0.25, 0.3) is 0 Å². The predicted octanol–water partition coefficient (Wildman–Crippen LogP) is 1.58. The highest BCUT2D eigenvalue weighted by Crippen LogP contribution is 2.16. The summed E-state index contributed by atoms with van der Waals surface area (Å²) in [6.07, 6.45) is 0. The molecular weight excluding hydrogens is 262 g/mol.